The third-order valence-electron chi connectivity index (χ3n) is 4.90. The Morgan fingerprint density at radius 2 is 1.63 bits per heavy atom. The maximum Gasteiger partial charge on any atom is 0.194 e. The maximum absolute atomic E-state index is 10.4. The summed E-state index contributed by atoms with van der Waals surface area (Å²) in [5, 5.41) is 28.9. The van der Waals surface area contributed by atoms with E-state index in [1.54, 1.807) is 18.0 Å². The molecule has 0 spiro atoms. The molecule has 0 aliphatic rings. The molecule has 0 saturated heterocycles. The van der Waals surface area contributed by atoms with Crippen molar-refractivity contribution in [3.05, 3.63) is 66.2 Å². The lowest BCUT2D eigenvalue weighted by molar-refractivity contribution is 0.0618. The lowest BCUT2D eigenvalue weighted by atomic mass is 9.92. The van der Waals surface area contributed by atoms with Gasteiger partial charge >= 0.3 is 0 Å². The topological polar surface area (TPSA) is 113 Å². The Morgan fingerprint density at radius 3 is 2.20 bits per heavy atom. The number of hydrogen-bond acceptors (Lipinski definition) is 7. The van der Waals surface area contributed by atoms with E-state index in [4.69, 9.17) is 10.2 Å². The Labute approximate surface area is 180 Å². The van der Waals surface area contributed by atoms with Crippen molar-refractivity contribution in [2.75, 3.05) is 13.2 Å². The first-order chi connectivity index (χ1) is 14.5. The van der Waals surface area contributed by atoms with Gasteiger partial charge in [-0.3, -0.25) is 0 Å². The van der Waals surface area contributed by atoms with Crippen LogP contribution in [-0.2, 0) is 6.42 Å². The third kappa shape index (κ3) is 5.71. The van der Waals surface area contributed by atoms with Gasteiger partial charge in [0.25, 0.3) is 0 Å². The molecular weight excluding hydrogens is 400 g/mol. The molecule has 0 bridgehead atoms. The summed E-state index contributed by atoms with van der Waals surface area (Å²) in [4.78, 5) is 6.63. The molecule has 6 nitrogen and oxygen atoms in total. The molecule has 0 radical (unpaired) electrons. The molecule has 0 aliphatic carbocycles. The zero-order valence-corrected chi connectivity index (χ0v) is 17.8. The van der Waals surface area contributed by atoms with Gasteiger partial charge in [0.05, 0.1) is 24.9 Å². The smallest absolute Gasteiger partial charge is 0.194 e. The van der Waals surface area contributed by atoms with Gasteiger partial charge in [0, 0.05) is 21.8 Å². The number of nitrogens with two attached hydrogens (primary N) is 1. The van der Waals surface area contributed by atoms with Gasteiger partial charge in [0.2, 0.25) is 0 Å². The molecular formula is C23H28N2O4S. The number of aliphatic hydroxyl groups excluding tert-OH is 3. The van der Waals surface area contributed by atoms with E-state index in [2.05, 4.69) is 11.9 Å². The molecule has 0 fully saturated rings. The largest absolute Gasteiger partial charge is 0.448 e. The molecule has 0 saturated carbocycles. The molecule has 3 aromatic rings. The second kappa shape index (κ2) is 10.2. The van der Waals surface area contributed by atoms with Crippen LogP contribution in [0.25, 0.3) is 11.3 Å². The van der Waals surface area contributed by atoms with E-state index in [9.17, 15) is 15.3 Å². The van der Waals surface area contributed by atoms with Crippen LogP contribution in [0.5, 0.6) is 0 Å². The number of benzene rings is 2. The molecule has 1 unspecified atom stereocenters. The van der Waals surface area contributed by atoms with Crippen molar-refractivity contribution >= 4 is 11.8 Å². The van der Waals surface area contributed by atoms with Crippen LogP contribution in [-0.4, -0.2) is 39.1 Å². The minimum atomic E-state index is -1.20. The van der Waals surface area contributed by atoms with Crippen molar-refractivity contribution in [2.45, 2.75) is 47.6 Å². The van der Waals surface area contributed by atoms with Gasteiger partial charge in [-0.1, -0.05) is 43.0 Å². The summed E-state index contributed by atoms with van der Waals surface area (Å²) in [6, 6.07) is 15.7. The van der Waals surface area contributed by atoms with Crippen molar-refractivity contribution < 1.29 is 19.7 Å². The fourth-order valence-corrected chi connectivity index (χ4v) is 3.86. The van der Waals surface area contributed by atoms with Crippen LogP contribution >= 0.6 is 11.8 Å². The zero-order chi connectivity index (χ0) is 21.6. The SMILES string of the molecule is CCCc1nc(-c2ccc(Sc3ccc(C(O)CC(N)(CO)CO)cc3)cc2)co1. The first kappa shape index (κ1) is 22.5. The fourth-order valence-electron chi connectivity index (χ4n) is 3.04. The molecule has 0 amide bonds. The summed E-state index contributed by atoms with van der Waals surface area (Å²) in [5.41, 5.74) is 7.22. The average Bonchev–Trinajstić information content (AvgIpc) is 3.23. The number of aromatic nitrogens is 1. The summed E-state index contributed by atoms with van der Waals surface area (Å²) in [6.07, 6.45) is 2.76. The summed E-state index contributed by atoms with van der Waals surface area (Å²) in [7, 11) is 0. The first-order valence-electron chi connectivity index (χ1n) is 9.97. The van der Waals surface area contributed by atoms with Crippen LogP contribution in [0.4, 0.5) is 0 Å². The predicted octanol–water partition coefficient (Wildman–Crippen LogP) is 3.55. The van der Waals surface area contributed by atoms with Gasteiger partial charge in [-0.15, -0.1) is 0 Å². The molecule has 3 rings (SSSR count). The number of rotatable bonds is 10. The van der Waals surface area contributed by atoms with Gasteiger partial charge in [-0.2, -0.15) is 0 Å². The van der Waals surface area contributed by atoms with E-state index in [1.165, 1.54) is 0 Å². The van der Waals surface area contributed by atoms with E-state index >= 15 is 0 Å². The summed E-state index contributed by atoms with van der Waals surface area (Å²) in [5.74, 6) is 0.762. The van der Waals surface area contributed by atoms with Crippen molar-refractivity contribution in [3.63, 3.8) is 0 Å². The predicted molar refractivity (Wildman–Crippen MR) is 117 cm³/mol. The molecule has 1 atom stereocenters. The first-order valence-corrected chi connectivity index (χ1v) is 10.8. The minimum Gasteiger partial charge on any atom is -0.448 e. The van der Waals surface area contributed by atoms with Crippen LogP contribution in [0.2, 0.25) is 0 Å². The second-order valence-electron chi connectivity index (χ2n) is 7.47. The van der Waals surface area contributed by atoms with Gasteiger partial charge in [0.1, 0.15) is 12.0 Å². The lowest BCUT2D eigenvalue weighted by Crippen LogP contribution is -2.48. The molecule has 160 valence electrons. The fraction of sp³-hybridized carbons (Fsp3) is 0.348. The molecule has 1 heterocycles. The Morgan fingerprint density at radius 1 is 1.03 bits per heavy atom. The average molecular weight is 429 g/mol. The molecule has 30 heavy (non-hydrogen) atoms. The monoisotopic (exact) mass is 428 g/mol. The highest BCUT2D eigenvalue weighted by Gasteiger charge is 2.27. The van der Waals surface area contributed by atoms with Crippen molar-refractivity contribution in [1.82, 2.24) is 4.98 Å². The lowest BCUT2D eigenvalue weighted by Gasteiger charge is -2.27. The standard InChI is InChI=1S/C23H28N2O4S/c1-2-3-22-25-20(13-29-22)16-4-8-18(9-5-16)30-19-10-6-17(7-11-19)21(28)12-23(24,14-26)15-27/h4-11,13,21,26-28H,2-3,12,14-15,24H2,1H3. The van der Waals surface area contributed by atoms with E-state index < -0.39 is 24.9 Å². The normalized spacial score (nSPS) is 12.8. The van der Waals surface area contributed by atoms with Gasteiger partial charge in [-0.05, 0) is 42.7 Å². The Hall–Kier alpha value is -2.16. The van der Waals surface area contributed by atoms with Gasteiger partial charge in [0.15, 0.2) is 5.89 Å². The second-order valence-corrected chi connectivity index (χ2v) is 8.62. The third-order valence-corrected chi connectivity index (χ3v) is 5.91. The van der Waals surface area contributed by atoms with Crippen LogP contribution in [0, 0.1) is 0 Å². The highest BCUT2D eigenvalue weighted by molar-refractivity contribution is 7.99. The number of aryl methyl sites for hydroxylation is 1. The molecule has 0 aliphatic heterocycles. The van der Waals surface area contributed by atoms with Crippen LogP contribution in [0.3, 0.4) is 0 Å². The number of nitrogens with zero attached hydrogens (tertiary/aromatic N) is 1. The van der Waals surface area contributed by atoms with Crippen LogP contribution in [0.15, 0.2) is 69.0 Å². The minimum absolute atomic E-state index is 0.0793. The number of hydrogen-bond donors (Lipinski definition) is 4. The van der Waals surface area contributed by atoms with Gasteiger partial charge < -0.3 is 25.5 Å². The quantitative estimate of drug-likeness (QED) is 0.391. The highest BCUT2D eigenvalue weighted by Crippen LogP contribution is 2.31. The Kier molecular flexibility index (Phi) is 7.69. The molecule has 7 heteroatoms. The Balaban J connectivity index is 1.62. The molecule has 5 N–H and O–H groups in total. The van der Waals surface area contributed by atoms with E-state index in [0.29, 0.717) is 5.56 Å². The summed E-state index contributed by atoms with van der Waals surface area (Å²) in [6.45, 7) is 1.32. The van der Waals surface area contributed by atoms with Crippen molar-refractivity contribution in [1.29, 1.82) is 0 Å². The van der Waals surface area contributed by atoms with Crippen LogP contribution in [0.1, 0.15) is 37.3 Å². The number of aliphatic hydroxyl groups is 3. The number of oxazole rings is 1. The molecule has 2 aromatic carbocycles. The zero-order valence-electron chi connectivity index (χ0n) is 17.0. The summed E-state index contributed by atoms with van der Waals surface area (Å²) >= 11 is 1.62. The van der Waals surface area contributed by atoms with Crippen molar-refractivity contribution in [2.24, 2.45) is 5.73 Å². The van der Waals surface area contributed by atoms with E-state index in [-0.39, 0.29) is 6.42 Å². The summed E-state index contributed by atoms with van der Waals surface area (Å²) < 4.78 is 5.49. The Bertz CT molecular complexity index is 921. The van der Waals surface area contributed by atoms with Crippen molar-refractivity contribution in [3.8, 4) is 11.3 Å². The molecule has 1 aromatic heterocycles. The maximum atomic E-state index is 10.4. The van der Waals surface area contributed by atoms with E-state index in [0.717, 1.165) is 39.8 Å². The van der Waals surface area contributed by atoms with Crippen LogP contribution < -0.4 is 5.73 Å². The van der Waals surface area contributed by atoms with Gasteiger partial charge in [-0.25, -0.2) is 4.98 Å². The van der Waals surface area contributed by atoms with E-state index in [1.807, 2.05) is 48.5 Å². The highest BCUT2D eigenvalue weighted by atomic mass is 32.2.